The third-order valence-electron chi connectivity index (χ3n) is 5.35. The van der Waals surface area contributed by atoms with Gasteiger partial charge < -0.3 is 14.8 Å². The summed E-state index contributed by atoms with van der Waals surface area (Å²) in [6, 6.07) is 16.2. The number of aromatic nitrogens is 2. The molecule has 0 spiro atoms. The lowest BCUT2D eigenvalue weighted by Gasteiger charge is -2.26. The molecule has 6 heteroatoms. The second kappa shape index (κ2) is 10.1. The zero-order chi connectivity index (χ0) is 22.3. The molecule has 4 rings (SSSR count). The monoisotopic (exact) mass is 427 g/mol. The second-order valence-electron chi connectivity index (χ2n) is 7.74. The van der Waals surface area contributed by atoms with Gasteiger partial charge in [0.15, 0.2) is 0 Å². The van der Waals surface area contributed by atoms with Crippen molar-refractivity contribution >= 4 is 5.57 Å². The highest BCUT2D eigenvalue weighted by atomic mass is 16.5. The zero-order valence-electron chi connectivity index (χ0n) is 17.8. The van der Waals surface area contributed by atoms with Gasteiger partial charge in [0.05, 0.1) is 19.5 Å². The van der Waals surface area contributed by atoms with Gasteiger partial charge in [-0.05, 0) is 47.4 Å². The highest BCUT2D eigenvalue weighted by Gasteiger charge is 2.11. The maximum Gasteiger partial charge on any atom is 0.293 e. The summed E-state index contributed by atoms with van der Waals surface area (Å²) in [5, 5.41) is 9.87. The molecule has 0 bridgehead atoms. The molecule has 3 aromatic rings. The van der Waals surface area contributed by atoms with Crippen LogP contribution in [0.4, 0.5) is 0 Å². The molecule has 0 saturated carbocycles. The number of hydrogen-bond donors (Lipinski definition) is 2. The summed E-state index contributed by atoms with van der Waals surface area (Å²) in [5.41, 5.74) is 4.38. The minimum absolute atomic E-state index is 0.217. The molecule has 0 amide bonds. The summed E-state index contributed by atoms with van der Waals surface area (Å²) in [5.74, 6) is 6.00. The summed E-state index contributed by atoms with van der Waals surface area (Å²) in [4.78, 5) is 20.3. The van der Waals surface area contributed by atoms with Crippen LogP contribution < -0.4 is 5.56 Å². The number of morpholine rings is 1. The van der Waals surface area contributed by atoms with Crippen LogP contribution in [0.2, 0.25) is 0 Å². The minimum Gasteiger partial charge on any atom is -0.502 e. The maximum atomic E-state index is 11.5. The average Bonchev–Trinajstić information content (AvgIpc) is 2.82. The summed E-state index contributed by atoms with van der Waals surface area (Å²) in [6.45, 7) is 8.46. The molecule has 1 fully saturated rings. The lowest BCUT2D eigenvalue weighted by molar-refractivity contribution is 0.0342. The van der Waals surface area contributed by atoms with Crippen LogP contribution in [0.5, 0.6) is 5.75 Å². The number of nitrogens with zero attached hydrogens (tertiary/aromatic N) is 2. The first-order chi connectivity index (χ1) is 15.6. The lowest BCUT2D eigenvalue weighted by Crippen LogP contribution is -2.35. The topological polar surface area (TPSA) is 78.5 Å². The number of H-pyrrole nitrogens is 1. The number of nitrogens with one attached hydrogen (secondary N) is 1. The quantitative estimate of drug-likeness (QED) is 0.612. The fourth-order valence-electron chi connectivity index (χ4n) is 3.54. The first-order valence-electron chi connectivity index (χ1n) is 10.5. The normalized spacial score (nSPS) is 13.9. The van der Waals surface area contributed by atoms with Gasteiger partial charge in [0.2, 0.25) is 5.75 Å². The number of rotatable bonds is 5. The standard InChI is InChI=1S/C26H25N3O3/c1-19(24-25(30)26(31)28-18-27-24)16-22-8-4-20(5-9-22)2-3-21-6-10-23(11-7-21)17-29-12-14-32-15-13-29/h4-11,18,30H,1,12-17H2,(H,27,28,31). The molecule has 2 aromatic carbocycles. The SMILES string of the molecule is C=C(Cc1ccc(C#Cc2ccc(CN3CCOCC3)cc2)cc1)c1nc[nH]c(=O)c1O. The van der Waals surface area contributed by atoms with Gasteiger partial charge in [-0.15, -0.1) is 0 Å². The van der Waals surface area contributed by atoms with Crippen LogP contribution in [0.25, 0.3) is 5.57 Å². The van der Waals surface area contributed by atoms with Crippen LogP contribution in [0.15, 0.2) is 66.2 Å². The van der Waals surface area contributed by atoms with Gasteiger partial charge in [-0.3, -0.25) is 9.69 Å². The summed E-state index contributed by atoms with van der Waals surface area (Å²) in [7, 11) is 0. The molecule has 162 valence electrons. The third-order valence-corrected chi connectivity index (χ3v) is 5.35. The molecule has 0 atom stereocenters. The molecular weight excluding hydrogens is 402 g/mol. The molecule has 1 aliphatic heterocycles. The number of aromatic hydroxyl groups is 1. The second-order valence-corrected chi connectivity index (χ2v) is 7.74. The Morgan fingerprint density at radius 3 is 2.25 bits per heavy atom. The summed E-state index contributed by atoms with van der Waals surface area (Å²) < 4.78 is 5.40. The van der Waals surface area contributed by atoms with Crippen LogP contribution in [-0.4, -0.2) is 46.3 Å². The van der Waals surface area contributed by atoms with Crippen LogP contribution >= 0.6 is 0 Å². The van der Waals surface area contributed by atoms with E-state index in [1.54, 1.807) is 0 Å². The molecule has 32 heavy (non-hydrogen) atoms. The molecule has 2 N–H and O–H groups in total. The first kappa shape index (κ1) is 21.6. The van der Waals surface area contributed by atoms with E-state index in [1.807, 2.05) is 24.3 Å². The Bertz CT molecular complexity index is 1200. The van der Waals surface area contributed by atoms with Crippen molar-refractivity contribution in [3.63, 3.8) is 0 Å². The van der Waals surface area contributed by atoms with Gasteiger partial charge in [-0.1, -0.05) is 42.7 Å². The van der Waals surface area contributed by atoms with E-state index in [0.717, 1.165) is 49.5 Å². The van der Waals surface area contributed by atoms with E-state index in [2.05, 4.69) is 57.6 Å². The highest BCUT2D eigenvalue weighted by molar-refractivity contribution is 5.66. The van der Waals surface area contributed by atoms with E-state index in [-0.39, 0.29) is 5.69 Å². The maximum absolute atomic E-state index is 11.5. The molecule has 2 heterocycles. The van der Waals surface area contributed by atoms with Gasteiger partial charge in [0.1, 0.15) is 5.69 Å². The predicted molar refractivity (Wildman–Crippen MR) is 124 cm³/mol. The predicted octanol–water partition coefficient (Wildman–Crippen LogP) is 2.96. The van der Waals surface area contributed by atoms with Crippen molar-refractivity contribution in [3.05, 3.63) is 99.7 Å². The van der Waals surface area contributed by atoms with Crippen LogP contribution in [0.1, 0.15) is 27.9 Å². The Labute approximate surface area is 187 Å². The van der Waals surface area contributed by atoms with Crippen molar-refractivity contribution in [3.8, 4) is 17.6 Å². The van der Waals surface area contributed by atoms with Gasteiger partial charge in [-0.25, -0.2) is 4.98 Å². The number of allylic oxidation sites excluding steroid dienone is 1. The largest absolute Gasteiger partial charge is 0.502 e. The van der Waals surface area contributed by atoms with Gasteiger partial charge in [0.25, 0.3) is 5.56 Å². The van der Waals surface area contributed by atoms with E-state index < -0.39 is 11.3 Å². The van der Waals surface area contributed by atoms with Crippen molar-refractivity contribution in [2.45, 2.75) is 13.0 Å². The molecule has 1 saturated heterocycles. The molecule has 6 nitrogen and oxygen atoms in total. The molecule has 0 unspecified atom stereocenters. The van der Waals surface area contributed by atoms with Gasteiger partial charge in [-0.2, -0.15) is 0 Å². The van der Waals surface area contributed by atoms with Crippen LogP contribution in [0.3, 0.4) is 0 Å². The first-order valence-corrected chi connectivity index (χ1v) is 10.5. The van der Waals surface area contributed by atoms with E-state index in [0.29, 0.717) is 12.0 Å². The molecule has 1 aliphatic rings. The summed E-state index contributed by atoms with van der Waals surface area (Å²) in [6.07, 6.45) is 1.73. The van der Waals surface area contributed by atoms with Crippen molar-refractivity contribution in [2.75, 3.05) is 26.3 Å². The van der Waals surface area contributed by atoms with Crippen molar-refractivity contribution in [1.29, 1.82) is 0 Å². The fraction of sp³-hybridized carbons (Fsp3) is 0.231. The zero-order valence-corrected chi connectivity index (χ0v) is 17.8. The number of benzene rings is 2. The number of hydrogen-bond acceptors (Lipinski definition) is 5. The van der Waals surface area contributed by atoms with Crippen LogP contribution in [0, 0.1) is 11.8 Å². The van der Waals surface area contributed by atoms with E-state index in [1.165, 1.54) is 11.9 Å². The summed E-state index contributed by atoms with van der Waals surface area (Å²) >= 11 is 0. The Hall–Kier alpha value is -3.66. The van der Waals surface area contributed by atoms with Crippen molar-refractivity contribution in [2.24, 2.45) is 0 Å². The van der Waals surface area contributed by atoms with E-state index in [9.17, 15) is 9.90 Å². The third kappa shape index (κ3) is 5.52. The van der Waals surface area contributed by atoms with E-state index in [4.69, 9.17) is 4.74 Å². The molecule has 1 aromatic heterocycles. The molecular formula is C26H25N3O3. The van der Waals surface area contributed by atoms with Crippen molar-refractivity contribution in [1.82, 2.24) is 14.9 Å². The Morgan fingerprint density at radius 2 is 1.62 bits per heavy atom. The highest BCUT2D eigenvalue weighted by Crippen LogP contribution is 2.21. The Morgan fingerprint density at radius 1 is 1.03 bits per heavy atom. The van der Waals surface area contributed by atoms with E-state index >= 15 is 0 Å². The Kier molecular flexibility index (Phi) is 6.81. The minimum atomic E-state index is -0.573. The number of ether oxygens (including phenoxy) is 1. The fourth-order valence-corrected chi connectivity index (χ4v) is 3.54. The molecule has 0 aliphatic carbocycles. The van der Waals surface area contributed by atoms with Gasteiger partial charge in [0, 0.05) is 30.8 Å². The average molecular weight is 428 g/mol. The lowest BCUT2D eigenvalue weighted by atomic mass is 10.0. The number of aromatic amines is 1. The van der Waals surface area contributed by atoms with Crippen molar-refractivity contribution < 1.29 is 9.84 Å². The smallest absolute Gasteiger partial charge is 0.293 e. The Balaban J connectivity index is 1.36. The van der Waals surface area contributed by atoms with Crippen LogP contribution in [-0.2, 0) is 17.7 Å². The molecule has 0 radical (unpaired) electrons. The van der Waals surface area contributed by atoms with Gasteiger partial charge >= 0.3 is 0 Å².